The third kappa shape index (κ3) is 3.85. The van der Waals surface area contributed by atoms with Crippen molar-refractivity contribution < 1.29 is 24.5 Å². The van der Waals surface area contributed by atoms with Crippen molar-refractivity contribution in [2.75, 3.05) is 0 Å². The molecule has 0 radical (unpaired) electrons. The fourth-order valence-corrected chi connectivity index (χ4v) is 3.37. The largest absolute Gasteiger partial charge is 0.511 e. The first-order valence-electron chi connectivity index (χ1n) is 9.62. The van der Waals surface area contributed by atoms with Crippen LogP contribution in [-0.4, -0.2) is 32.0 Å². The molecule has 9 nitrogen and oxygen atoms in total. The van der Waals surface area contributed by atoms with Gasteiger partial charge in [-0.15, -0.1) is 0 Å². The van der Waals surface area contributed by atoms with Crippen molar-refractivity contribution in [3.63, 3.8) is 0 Å². The van der Waals surface area contributed by atoms with E-state index in [1.165, 1.54) is 10.6 Å². The van der Waals surface area contributed by atoms with Gasteiger partial charge in [-0.25, -0.2) is 9.78 Å². The van der Waals surface area contributed by atoms with Crippen LogP contribution in [0.3, 0.4) is 0 Å². The average Bonchev–Trinajstić information content (AvgIpc) is 2.70. The number of allylic oxidation sites excluding steroid dienone is 1. The molecule has 1 aromatic carbocycles. The fraction of sp³-hybridized carbons (Fsp3) is 0.182. The van der Waals surface area contributed by atoms with Crippen LogP contribution in [0.1, 0.15) is 30.6 Å². The van der Waals surface area contributed by atoms with E-state index in [4.69, 9.17) is 9.84 Å². The number of ether oxygens (including phenoxy) is 2. The van der Waals surface area contributed by atoms with Gasteiger partial charge < -0.3 is 19.7 Å². The molecule has 2 N–H and O–H groups in total. The van der Waals surface area contributed by atoms with Crippen LogP contribution >= 0.6 is 0 Å². The number of phenols is 1. The highest BCUT2D eigenvalue weighted by Gasteiger charge is 2.26. The number of aliphatic imine (C=N–C) groups is 1. The van der Waals surface area contributed by atoms with E-state index in [9.17, 15) is 14.7 Å². The second-order valence-electron chi connectivity index (χ2n) is 6.82. The van der Waals surface area contributed by atoms with Crippen LogP contribution in [0.25, 0.3) is 5.65 Å². The van der Waals surface area contributed by atoms with Gasteiger partial charge in [0.2, 0.25) is 5.75 Å². The number of carboxylic acid groups (broad SMARTS) is 1. The summed E-state index contributed by atoms with van der Waals surface area (Å²) in [5.74, 6) is 0.246. The van der Waals surface area contributed by atoms with Gasteiger partial charge in [-0.05, 0) is 36.8 Å². The van der Waals surface area contributed by atoms with E-state index >= 15 is 0 Å². The van der Waals surface area contributed by atoms with E-state index in [2.05, 4.69) is 14.7 Å². The molecule has 0 aliphatic carbocycles. The molecular weight excluding hydrogens is 402 g/mol. The number of phenolic OH excluding ortho intramolecular Hbond substituents is 1. The van der Waals surface area contributed by atoms with Crippen LogP contribution < -0.4 is 15.0 Å². The number of rotatable bonds is 7. The van der Waals surface area contributed by atoms with E-state index in [1.807, 2.05) is 6.92 Å². The van der Waals surface area contributed by atoms with E-state index in [0.717, 1.165) is 12.6 Å². The number of benzene rings is 1. The van der Waals surface area contributed by atoms with Crippen LogP contribution in [0.2, 0.25) is 0 Å². The van der Waals surface area contributed by atoms with Crippen LogP contribution in [-0.2, 0) is 6.42 Å². The summed E-state index contributed by atoms with van der Waals surface area (Å²) in [6.07, 6.45) is 5.10. The van der Waals surface area contributed by atoms with Crippen LogP contribution in [0, 0.1) is 0 Å². The van der Waals surface area contributed by atoms with Gasteiger partial charge in [0, 0.05) is 23.5 Å². The van der Waals surface area contributed by atoms with Crippen molar-refractivity contribution in [3.05, 3.63) is 76.0 Å². The van der Waals surface area contributed by atoms with Crippen molar-refractivity contribution in [1.29, 1.82) is 0 Å². The molecule has 0 spiro atoms. The van der Waals surface area contributed by atoms with Gasteiger partial charge in [-0.3, -0.25) is 14.2 Å². The molecule has 0 fully saturated rings. The van der Waals surface area contributed by atoms with Crippen LogP contribution in [0.5, 0.6) is 17.2 Å². The molecule has 3 aromatic rings. The first-order valence-corrected chi connectivity index (χ1v) is 9.62. The Labute approximate surface area is 176 Å². The normalized spacial score (nSPS) is 13.4. The monoisotopic (exact) mass is 421 g/mol. The Kier molecular flexibility index (Phi) is 5.40. The zero-order valence-electron chi connectivity index (χ0n) is 16.6. The molecule has 158 valence electrons. The van der Waals surface area contributed by atoms with Crippen LogP contribution in [0.15, 0.2) is 64.3 Å². The minimum absolute atomic E-state index is 0.145. The number of hydrogen-bond acceptors (Lipinski definition) is 7. The van der Waals surface area contributed by atoms with Crippen molar-refractivity contribution in [2.45, 2.75) is 25.9 Å². The number of hydrogen-bond donors (Lipinski definition) is 2. The van der Waals surface area contributed by atoms with Crippen LogP contribution in [0.4, 0.5) is 4.79 Å². The number of nitrogens with zero attached hydrogens (tertiary/aromatic N) is 3. The van der Waals surface area contributed by atoms with Crippen molar-refractivity contribution in [3.8, 4) is 17.2 Å². The lowest BCUT2D eigenvalue weighted by Gasteiger charge is -2.24. The van der Waals surface area contributed by atoms with Crippen molar-refractivity contribution >= 4 is 18.0 Å². The molecule has 1 aliphatic heterocycles. The molecule has 1 atom stereocenters. The number of aromatic nitrogens is 2. The highest BCUT2D eigenvalue weighted by Crippen LogP contribution is 2.37. The molecule has 1 aliphatic rings. The topological polar surface area (TPSA) is 123 Å². The maximum absolute atomic E-state index is 12.7. The van der Waals surface area contributed by atoms with E-state index < -0.39 is 23.6 Å². The summed E-state index contributed by atoms with van der Waals surface area (Å²) in [7, 11) is 0. The predicted molar refractivity (Wildman–Crippen MR) is 112 cm³/mol. The standard InChI is InChI=1S/C22H19N3O6/c1-2-5-13-16(26)7-3-8-17(13)30-19(15-9-10-23-15)14-6-4-11-25-20(14)24-12-18(21(25)27)31-22(28)29/h3-4,6-12,19,26H,2,5H2,1H3,(H,28,29). The Morgan fingerprint density at radius 2 is 2.03 bits per heavy atom. The molecule has 3 heterocycles. The highest BCUT2D eigenvalue weighted by atomic mass is 16.7. The zero-order valence-corrected chi connectivity index (χ0v) is 16.6. The van der Waals surface area contributed by atoms with E-state index in [-0.39, 0.29) is 11.4 Å². The van der Waals surface area contributed by atoms with Gasteiger partial charge >= 0.3 is 11.7 Å². The maximum atomic E-state index is 12.7. The third-order valence-electron chi connectivity index (χ3n) is 4.80. The average molecular weight is 421 g/mol. The molecule has 31 heavy (non-hydrogen) atoms. The smallest absolute Gasteiger partial charge is 0.508 e. The second-order valence-corrected chi connectivity index (χ2v) is 6.82. The van der Waals surface area contributed by atoms with Gasteiger partial charge in [0.15, 0.2) is 6.10 Å². The molecular formula is C22H19N3O6. The Balaban J connectivity index is 1.82. The maximum Gasteiger partial charge on any atom is 0.511 e. The van der Waals surface area contributed by atoms with Gasteiger partial charge in [0.05, 0.1) is 11.9 Å². The summed E-state index contributed by atoms with van der Waals surface area (Å²) < 4.78 is 12.0. The van der Waals surface area contributed by atoms with E-state index in [0.29, 0.717) is 29.0 Å². The van der Waals surface area contributed by atoms with Gasteiger partial charge in [0.1, 0.15) is 17.1 Å². The molecule has 0 saturated carbocycles. The third-order valence-corrected chi connectivity index (χ3v) is 4.80. The first-order chi connectivity index (χ1) is 15.0. The van der Waals surface area contributed by atoms with Crippen molar-refractivity contribution in [2.24, 2.45) is 4.99 Å². The predicted octanol–water partition coefficient (Wildman–Crippen LogP) is 3.50. The summed E-state index contributed by atoms with van der Waals surface area (Å²) in [5.41, 5.74) is 1.47. The van der Waals surface area contributed by atoms with Gasteiger partial charge in [0.25, 0.3) is 0 Å². The lowest BCUT2D eigenvalue weighted by atomic mass is 10.0. The number of aromatic hydroxyl groups is 1. The summed E-state index contributed by atoms with van der Waals surface area (Å²) in [4.78, 5) is 32.0. The van der Waals surface area contributed by atoms with Gasteiger partial charge in [-0.1, -0.05) is 19.4 Å². The second kappa shape index (κ2) is 8.31. The SMILES string of the molecule is CCCc1c(O)cccc1OC(C1=CC=N1)c1cccn2c(=O)c(OC(=O)O)cnc12. The Hall–Kier alpha value is -4.14. The molecule has 0 amide bonds. The molecule has 1 unspecified atom stereocenters. The number of fused-ring (bicyclic) bond motifs is 1. The molecule has 0 bridgehead atoms. The molecule has 0 saturated heterocycles. The Bertz CT molecular complexity index is 1280. The zero-order chi connectivity index (χ0) is 22.0. The lowest BCUT2D eigenvalue weighted by molar-refractivity contribution is 0.143. The Morgan fingerprint density at radius 3 is 2.71 bits per heavy atom. The summed E-state index contributed by atoms with van der Waals surface area (Å²) in [6.45, 7) is 2.00. The Morgan fingerprint density at radius 1 is 1.23 bits per heavy atom. The molecule has 9 heteroatoms. The number of pyridine rings is 1. The first kappa shape index (κ1) is 20.1. The van der Waals surface area contributed by atoms with Gasteiger partial charge in [-0.2, -0.15) is 0 Å². The van der Waals surface area contributed by atoms with Crippen molar-refractivity contribution in [1.82, 2.24) is 9.38 Å². The number of carbonyl (C=O) groups is 1. The highest BCUT2D eigenvalue weighted by molar-refractivity contribution is 5.80. The quantitative estimate of drug-likeness (QED) is 0.560. The summed E-state index contributed by atoms with van der Waals surface area (Å²) >= 11 is 0. The molecule has 2 aromatic heterocycles. The minimum Gasteiger partial charge on any atom is -0.508 e. The molecule has 4 rings (SSSR count). The summed E-state index contributed by atoms with van der Waals surface area (Å²) in [5, 5.41) is 19.1. The van der Waals surface area contributed by atoms with E-state index in [1.54, 1.807) is 42.6 Å². The fourth-order valence-electron chi connectivity index (χ4n) is 3.37. The minimum atomic E-state index is -1.60. The summed E-state index contributed by atoms with van der Waals surface area (Å²) in [6, 6.07) is 8.45. The lowest BCUT2D eigenvalue weighted by Crippen LogP contribution is -2.22.